The van der Waals surface area contributed by atoms with Crippen molar-refractivity contribution in [2.45, 2.75) is 38.3 Å². The topological polar surface area (TPSA) is 133 Å². The minimum atomic E-state index is -4.87. The summed E-state index contributed by atoms with van der Waals surface area (Å²) in [6, 6.07) is 14.7. The summed E-state index contributed by atoms with van der Waals surface area (Å²) in [5, 5.41) is 2.32. The molecular weight excluding hydrogens is 554 g/mol. The molecule has 0 saturated carbocycles. The maximum absolute atomic E-state index is 14.5. The molecule has 220 valence electrons. The molecule has 1 aliphatic heterocycles. The fourth-order valence-electron chi connectivity index (χ4n) is 4.64. The third kappa shape index (κ3) is 6.12. The van der Waals surface area contributed by atoms with Gasteiger partial charge in [-0.3, -0.25) is 14.6 Å². The van der Waals surface area contributed by atoms with Crippen LogP contribution < -0.4 is 21.5 Å². The van der Waals surface area contributed by atoms with Gasteiger partial charge in [0, 0.05) is 23.4 Å². The van der Waals surface area contributed by atoms with Crippen molar-refractivity contribution in [3.63, 3.8) is 0 Å². The van der Waals surface area contributed by atoms with Crippen molar-refractivity contribution in [2.24, 2.45) is 16.5 Å². The van der Waals surface area contributed by atoms with E-state index < -0.39 is 47.4 Å². The lowest BCUT2D eigenvalue weighted by Crippen LogP contribution is -2.40. The predicted molar refractivity (Wildman–Crippen MR) is 150 cm³/mol. The molecule has 0 fully saturated rings. The van der Waals surface area contributed by atoms with Crippen LogP contribution in [0, 0.1) is 5.82 Å². The number of carbonyl (C=O) groups is 2. The number of pyridine rings is 1. The summed E-state index contributed by atoms with van der Waals surface area (Å²) in [6.07, 6.45) is -4.87. The molecule has 4 rings (SSSR count). The lowest BCUT2D eigenvalue weighted by molar-refractivity contribution is -0.151. The first-order chi connectivity index (χ1) is 19.7. The zero-order valence-electron chi connectivity index (χ0n) is 23.1. The number of hydrogen-bond acceptors (Lipinski definition) is 6. The number of ether oxygens (including phenoxy) is 1. The van der Waals surface area contributed by atoms with Crippen LogP contribution >= 0.6 is 0 Å². The van der Waals surface area contributed by atoms with Gasteiger partial charge < -0.3 is 21.5 Å². The first kappa shape index (κ1) is 30.2. The van der Waals surface area contributed by atoms with Crippen LogP contribution in [0.5, 0.6) is 5.75 Å². The molecule has 2 heterocycles. The van der Waals surface area contributed by atoms with Crippen LogP contribution in [0.4, 0.5) is 23.2 Å². The number of nitrogens with one attached hydrogen (secondary N) is 1. The van der Waals surface area contributed by atoms with Crippen LogP contribution in [0.2, 0.25) is 0 Å². The van der Waals surface area contributed by atoms with Crippen molar-refractivity contribution in [2.75, 3.05) is 13.2 Å². The Morgan fingerprint density at radius 1 is 1.10 bits per heavy atom. The third-order valence-electron chi connectivity index (χ3n) is 7.01. The number of para-hydroxylation sites is 1. The monoisotopic (exact) mass is 583 g/mol. The third-order valence-corrected chi connectivity index (χ3v) is 7.01. The highest BCUT2D eigenvalue weighted by molar-refractivity contribution is 6.21. The number of halogens is 4. The van der Waals surface area contributed by atoms with Crippen molar-refractivity contribution in [3.8, 4) is 17.0 Å². The molecule has 0 aliphatic carbocycles. The standard InChI is InChI=1S/C30H29F4N5O3/c1-16(35)24(17(2)38-20-7-5-4-6-8-20)27(40)37-14-22(30(32,33)34)23-13-21-26(42-15-29(21,3)28(36)41)25(39-23)18-9-11-19(31)12-10-18/h4-13,22H,14-15,35H2,1-3H3,(H2,36,41)(H,37,40)/b24-16+,38-17?/t22?,29-/m0/s1. The van der Waals surface area contributed by atoms with Crippen LogP contribution in [-0.2, 0) is 15.0 Å². The minimum absolute atomic E-state index is 0.0164. The number of rotatable bonds is 8. The normalized spacial score (nSPS) is 18.0. The van der Waals surface area contributed by atoms with Gasteiger partial charge in [-0.2, -0.15) is 13.2 Å². The van der Waals surface area contributed by atoms with Gasteiger partial charge >= 0.3 is 6.18 Å². The van der Waals surface area contributed by atoms with Crippen LogP contribution in [0.3, 0.4) is 0 Å². The van der Waals surface area contributed by atoms with E-state index in [1.807, 2.05) is 0 Å². The largest absolute Gasteiger partial charge is 0.489 e. The molecule has 0 radical (unpaired) electrons. The highest BCUT2D eigenvalue weighted by Crippen LogP contribution is 2.46. The molecule has 5 N–H and O–H groups in total. The second-order valence-corrected chi connectivity index (χ2v) is 10.2. The number of nitrogens with two attached hydrogens (primary N) is 2. The predicted octanol–water partition coefficient (Wildman–Crippen LogP) is 4.81. The minimum Gasteiger partial charge on any atom is -0.489 e. The van der Waals surface area contributed by atoms with E-state index in [1.54, 1.807) is 30.3 Å². The number of aromatic nitrogens is 1. The Hall–Kier alpha value is -4.74. The molecule has 0 bridgehead atoms. The van der Waals surface area contributed by atoms with Crippen molar-refractivity contribution in [3.05, 3.63) is 89.0 Å². The van der Waals surface area contributed by atoms with Gasteiger partial charge in [0.15, 0.2) is 0 Å². The highest BCUT2D eigenvalue weighted by Gasteiger charge is 2.47. The Bertz CT molecular complexity index is 1570. The molecule has 2 atom stereocenters. The van der Waals surface area contributed by atoms with E-state index in [4.69, 9.17) is 16.2 Å². The number of allylic oxidation sites excluding steroid dienone is 1. The summed E-state index contributed by atoms with van der Waals surface area (Å²) in [7, 11) is 0. The smallest absolute Gasteiger partial charge is 0.398 e. The number of carbonyl (C=O) groups excluding carboxylic acids is 2. The lowest BCUT2D eigenvalue weighted by Gasteiger charge is -2.24. The summed E-state index contributed by atoms with van der Waals surface area (Å²) in [4.78, 5) is 34.1. The van der Waals surface area contributed by atoms with Crippen molar-refractivity contribution in [1.82, 2.24) is 10.3 Å². The number of primary amides is 1. The zero-order chi connectivity index (χ0) is 30.8. The molecule has 2 aromatic carbocycles. The Morgan fingerprint density at radius 3 is 2.31 bits per heavy atom. The van der Waals surface area contributed by atoms with Crippen LogP contribution in [0.25, 0.3) is 11.3 Å². The molecule has 1 aliphatic rings. The van der Waals surface area contributed by atoms with Gasteiger partial charge in [0.25, 0.3) is 5.91 Å². The highest BCUT2D eigenvalue weighted by atomic mass is 19.4. The van der Waals surface area contributed by atoms with Crippen LogP contribution in [0.15, 0.2) is 76.9 Å². The molecule has 12 heteroatoms. The fourth-order valence-corrected chi connectivity index (χ4v) is 4.64. The Balaban J connectivity index is 1.74. The zero-order valence-corrected chi connectivity index (χ0v) is 23.1. The van der Waals surface area contributed by atoms with Gasteiger partial charge in [-0.05, 0) is 63.2 Å². The maximum atomic E-state index is 14.5. The van der Waals surface area contributed by atoms with E-state index in [0.717, 1.165) is 18.2 Å². The van der Waals surface area contributed by atoms with E-state index in [-0.39, 0.29) is 46.2 Å². The van der Waals surface area contributed by atoms with Gasteiger partial charge in [0.1, 0.15) is 35.2 Å². The Morgan fingerprint density at radius 2 is 1.74 bits per heavy atom. The van der Waals surface area contributed by atoms with Gasteiger partial charge in [-0.1, -0.05) is 18.2 Å². The molecule has 42 heavy (non-hydrogen) atoms. The first-order valence-electron chi connectivity index (χ1n) is 12.9. The van der Waals surface area contributed by atoms with E-state index in [0.29, 0.717) is 5.69 Å². The molecular formula is C30H29F4N5O3. The molecule has 0 saturated heterocycles. The SMILES string of the molecule is CC(=Nc1ccccc1)/C(C(=O)NCC(c1cc2c(c(-c3ccc(F)cc3)n1)OC[C@]2(C)C(N)=O)C(F)(F)F)=C(/C)N. The first-order valence-corrected chi connectivity index (χ1v) is 12.9. The van der Waals surface area contributed by atoms with Gasteiger partial charge in [-0.25, -0.2) is 9.37 Å². The van der Waals surface area contributed by atoms with E-state index in [9.17, 15) is 27.2 Å². The van der Waals surface area contributed by atoms with Crippen molar-refractivity contribution in [1.29, 1.82) is 0 Å². The number of fused-ring (bicyclic) bond motifs is 1. The number of benzene rings is 2. The summed E-state index contributed by atoms with van der Waals surface area (Å²) in [5.41, 5.74) is 10.7. The van der Waals surface area contributed by atoms with Crippen LogP contribution in [0.1, 0.15) is 37.9 Å². The summed E-state index contributed by atoms with van der Waals surface area (Å²) >= 11 is 0. The second kappa shape index (κ2) is 11.6. The molecule has 0 spiro atoms. The molecule has 2 amide bonds. The molecule has 1 unspecified atom stereocenters. The number of amides is 2. The van der Waals surface area contributed by atoms with Crippen molar-refractivity contribution >= 4 is 23.2 Å². The number of hydrogen-bond donors (Lipinski definition) is 3. The Kier molecular flexibility index (Phi) is 8.37. The fraction of sp³-hybridized carbons (Fsp3) is 0.267. The van der Waals surface area contributed by atoms with Gasteiger partial charge in [0.05, 0.1) is 22.7 Å². The number of aliphatic imine (C=N–C) groups is 1. The summed E-state index contributed by atoms with van der Waals surface area (Å²) < 4.78 is 62.9. The number of alkyl halides is 3. The van der Waals surface area contributed by atoms with E-state index in [1.165, 1.54) is 32.9 Å². The van der Waals surface area contributed by atoms with E-state index in [2.05, 4.69) is 15.3 Å². The Labute approximate surface area is 239 Å². The van der Waals surface area contributed by atoms with Crippen LogP contribution in [-0.4, -0.2) is 41.8 Å². The quantitative estimate of drug-likeness (QED) is 0.199. The lowest BCUT2D eigenvalue weighted by atomic mass is 9.82. The average Bonchev–Trinajstić information content (AvgIpc) is 3.26. The van der Waals surface area contributed by atoms with Gasteiger partial charge in [-0.15, -0.1) is 0 Å². The molecule has 1 aromatic heterocycles. The van der Waals surface area contributed by atoms with E-state index >= 15 is 0 Å². The molecule has 3 aromatic rings. The summed E-state index contributed by atoms with van der Waals surface area (Å²) in [6.45, 7) is 3.32. The van der Waals surface area contributed by atoms with Gasteiger partial charge in [0.2, 0.25) is 5.91 Å². The molecule has 8 nitrogen and oxygen atoms in total. The summed E-state index contributed by atoms with van der Waals surface area (Å²) in [5.74, 6) is -4.44. The average molecular weight is 584 g/mol. The van der Waals surface area contributed by atoms with Crippen molar-refractivity contribution < 1.29 is 31.9 Å². The maximum Gasteiger partial charge on any atom is 0.398 e. The number of nitrogens with zero attached hydrogens (tertiary/aromatic N) is 2. The second-order valence-electron chi connectivity index (χ2n) is 10.2.